The molecule has 0 bridgehead atoms. The number of carbonyl (C=O) groups excluding carboxylic acids is 1. The Morgan fingerprint density at radius 1 is 1.33 bits per heavy atom. The predicted octanol–water partition coefficient (Wildman–Crippen LogP) is -1.48. The predicted molar refractivity (Wildman–Crippen MR) is 84.0 cm³/mol. The van der Waals surface area contributed by atoms with Gasteiger partial charge in [-0.15, -0.1) is 0 Å². The topological polar surface area (TPSA) is 154 Å². The summed E-state index contributed by atoms with van der Waals surface area (Å²) in [7, 11) is 1.26. The van der Waals surface area contributed by atoms with Gasteiger partial charge in [0.15, 0.2) is 23.5 Å². The third-order valence-electron chi connectivity index (χ3n) is 3.52. The fourth-order valence-corrected chi connectivity index (χ4v) is 2.65. The first-order valence-corrected chi connectivity index (χ1v) is 8.20. The maximum absolute atomic E-state index is 12.0. The fourth-order valence-electron chi connectivity index (χ4n) is 2.28. The number of methoxy groups -OCH3 is 1. The first-order valence-electron chi connectivity index (χ1n) is 6.98. The van der Waals surface area contributed by atoms with Gasteiger partial charge in [-0.1, -0.05) is 11.8 Å². The summed E-state index contributed by atoms with van der Waals surface area (Å²) >= 11 is 1.15. The van der Waals surface area contributed by atoms with Crippen LogP contribution < -0.4 is 10.9 Å². The van der Waals surface area contributed by atoms with Crippen molar-refractivity contribution in [1.29, 1.82) is 0 Å². The van der Waals surface area contributed by atoms with Crippen molar-refractivity contribution in [3.05, 3.63) is 15.9 Å². The molecule has 24 heavy (non-hydrogen) atoms. The second-order valence-electron chi connectivity index (χ2n) is 5.13. The van der Waals surface area contributed by atoms with Gasteiger partial charge in [0.25, 0.3) is 5.56 Å². The van der Waals surface area contributed by atoms with Crippen LogP contribution in [0.1, 0.15) is 17.3 Å². The highest BCUT2D eigenvalue weighted by molar-refractivity contribution is 7.98. The van der Waals surface area contributed by atoms with Crippen LogP contribution in [0.25, 0.3) is 0 Å². The first kappa shape index (κ1) is 18.8. The number of aliphatic hydroxyl groups is 3. The Kier molecular flexibility index (Phi) is 5.96. The lowest BCUT2D eigenvalue weighted by Crippen LogP contribution is -2.60. The van der Waals surface area contributed by atoms with Crippen molar-refractivity contribution >= 4 is 23.4 Å². The Balaban J connectivity index is 2.37. The van der Waals surface area contributed by atoms with Gasteiger partial charge >= 0.3 is 0 Å². The van der Waals surface area contributed by atoms with Gasteiger partial charge in [-0.2, -0.15) is 0 Å². The van der Waals surface area contributed by atoms with E-state index in [4.69, 9.17) is 9.47 Å². The molecule has 0 radical (unpaired) electrons. The molecule has 5 N–H and O–H groups in total. The number of thioether (sulfide) groups is 1. The molecule has 0 aliphatic carbocycles. The van der Waals surface area contributed by atoms with Crippen molar-refractivity contribution in [2.45, 2.75) is 42.9 Å². The lowest BCUT2D eigenvalue weighted by Gasteiger charge is -2.40. The van der Waals surface area contributed by atoms with Crippen LogP contribution in [0.3, 0.4) is 0 Å². The summed E-state index contributed by atoms with van der Waals surface area (Å²) in [5, 5.41) is 32.5. The molecule has 1 aromatic rings. The Morgan fingerprint density at radius 2 is 2.00 bits per heavy atom. The number of hydrogen-bond acceptors (Lipinski definition) is 10. The van der Waals surface area contributed by atoms with Crippen LogP contribution in [0.5, 0.6) is 0 Å². The third-order valence-corrected chi connectivity index (χ3v) is 4.10. The van der Waals surface area contributed by atoms with Crippen LogP contribution in [0, 0.1) is 0 Å². The first-order chi connectivity index (χ1) is 11.3. The molecular weight excluding hydrogens is 342 g/mol. The third kappa shape index (κ3) is 3.61. The average molecular weight is 361 g/mol. The number of aromatic amines is 1. The lowest BCUT2D eigenvalue weighted by molar-refractivity contribution is -0.283. The van der Waals surface area contributed by atoms with Crippen molar-refractivity contribution in [3.8, 4) is 0 Å². The number of aliphatic hydroxyl groups excluding tert-OH is 3. The summed E-state index contributed by atoms with van der Waals surface area (Å²) < 4.78 is 10.2. The number of anilines is 1. The molecule has 1 aliphatic rings. The van der Waals surface area contributed by atoms with Gasteiger partial charge in [-0.05, 0) is 13.2 Å². The van der Waals surface area contributed by atoms with Crippen molar-refractivity contribution < 1.29 is 29.6 Å². The fraction of sp³-hybridized carbons (Fsp3) is 0.615. The van der Waals surface area contributed by atoms with E-state index in [1.165, 1.54) is 14.0 Å². The molecule has 1 saturated heterocycles. The molecule has 5 atom stereocenters. The number of Topliss-reactive ketones (excluding diaryl/α,β-unsaturated/α-hetero) is 1. The zero-order chi connectivity index (χ0) is 18.0. The van der Waals surface area contributed by atoms with Crippen LogP contribution in [-0.4, -0.2) is 75.3 Å². The number of H-pyrrole nitrogens is 1. The Bertz CT molecular complexity index is 665. The van der Waals surface area contributed by atoms with E-state index in [9.17, 15) is 24.9 Å². The standard InChI is InChI=1S/C13H19N3O7S/c1-4(17)5-9(15-13(24-3)16-10(5)21)14-11-7(19)6(18)8(20)12(22-2)23-11/h6-8,11-12,18-20H,1-3H3,(H2,14,15,16,21). The number of nitrogens with zero attached hydrogens (tertiary/aromatic N) is 1. The second-order valence-corrected chi connectivity index (χ2v) is 5.93. The van der Waals surface area contributed by atoms with E-state index >= 15 is 0 Å². The number of rotatable bonds is 5. The molecule has 2 heterocycles. The summed E-state index contributed by atoms with van der Waals surface area (Å²) in [6, 6.07) is 0. The van der Waals surface area contributed by atoms with Crippen molar-refractivity contribution in [2.75, 3.05) is 18.7 Å². The van der Waals surface area contributed by atoms with Gasteiger partial charge in [0.2, 0.25) is 0 Å². The minimum Gasteiger partial charge on any atom is -0.387 e. The van der Waals surface area contributed by atoms with Gasteiger partial charge in [0, 0.05) is 7.11 Å². The van der Waals surface area contributed by atoms with Crippen LogP contribution in [0.15, 0.2) is 9.95 Å². The molecule has 1 aromatic heterocycles. The number of ether oxygens (including phenoxy) is 2. The molecule has 0 spiro atoms. The van der Waals surface area contributed by atoms with Gasteiger partial charge in [-0.3, -0.25) is 9.59 Å². The summed E-state index contributed by atoms with van der Waals surface area (Å²) in [5.41, 5.74) is -0.878. The Labute approximate surface area is 141 Å². The highest BCUT2D eigenvalue weighted by Crippen LogP contribution is 2.24. The van der Waals surface area contributed by atoms with Gasteiger partial charge < -0.3 is 35.1 Å². The summed E-state index contributed by atoms with van der Waals surface area (Å²) in [4.78, 5) is 30.3. The van der Waals surface area contributed by atoms with Crippen molar-refractivity contribution in [2.24, 2.45) is 0 Å². The number of carbonyl (C=O) groups is 1. The highest BCUT2D eigenvalue weighted by atomic mass is 32.2. The summed E-state index contributed by atoms with van der Waals surface area (Å²) in [6.07, 6.45) is -5.32. The average Bonchev–Trinajstić information content (AvgIpc) is 2.54. The van der Waals surface area contributed by atoms with E-state index < -0.39 is 42.2 Å². The number of nitrogens with one attached hydrogen (secondary N) is 2. The zero-order valence-corrected chi connectivity index (χ0v) is 14.0. The zero-order valence-electron chi connectivity index (χ0n) is 13.2. The van der Waals surface area contributed by atoms with E-state index in [1.54, 1.807) is 6.26 Å². The summed E-state index contributed by atoms with van der Waals surface area (Å²) in [5.74, 6) is -0.633. The number of hydrogen-bond donors (Lipinski definition) is 5. The Morgan fingerprint density at radius 3 is 2.54 bits per heavy atom. The van der Waals surface area contributed by atoms with Crippen LogP contribution >= 0.6 is 11.8 Å². The molecule has 0 amide bonds. The molecule has 1 fully saturated rings. The van der Waals surface area contributed by atoms with E-state index in [2.05, 4.69) is 15.3 Å². The number of ketones is 1. The number of aromatic nitrogens is 2. The molecule has 1 aliphatic heterocycles. The van der Waals surface area contributed by atoms with Gasteiger partial charge in [-0.25, -0.2) is 4.98 Å². The highest BCUT2D eigenvalue weighted by Gasteiger charge is 2.44. The minimum absolute atomic E-state index is 0.0990. The monoisotopic (exact) mass is 361 g/mol. The molecule has 0 saturated carbocycles. The van der Waals surface area contributed by atoms with Crippen molar-refractivity contribution in [3.63, 3.8) is 0 Å². The van der Waals surface area contributed by atoms with Gasteiger partial charge in [0.1, 0.15) is 29.7 Å². The van der Waals surface area contributed by atoms with Crippen LogP contribution in [0.4, 0.5) is 5.82 Å². The molecule has 134 valence electrons. The molecule has 10 nitrogen and oxygen atoms in total. The van der Waals surface area contributed by atoms with E-state index in [0.29, 0.717) is 0 Å². The smallest absolute Gasteiger partial charge is 0.264 e. The normalized spacial score (nSPS) is 30.2. The van der Waals surface area contributed by atoms with Crippen LogP contribution in [-0.2, 0) is 9.47 Å². The van der Waals surface area contributed by atoms with E-state index in [1.807, 2.05) is 0 Å². The molecular formula is C13H19N3O7S. The minimum atomic E-state index is -1.55. The SMILES string of the molecule is COC1OC(Nc2nc(SC)[nH]c(=O)c2C(C)=O)C(O)C(O)C1O. The molecule has 11 heteroatoms. The summed E-state index contributed by atoms with van der Waals surface area (Å²) in [6.45, 7) is 1.20. The van der Waals surface area contributed by atoms with Crippen molar-refractivity contribution in [1.82, 2.24) is 9.97 Å². The van der Waals surface area contributed by atoms with Crippen LogP contribution in [0.2, 0.25) is 0 Å². The molecule has 2 rings (SSSR count). The van der Waals surface area contributed by atoms with E-state index in [0.717, 1.165) is 11.8 Å². The molecule has 0 aromatic carbocycles. The quantitative estimate of drug-likeness (QED) is 0.238. The van der Waals surface area contributed by atoms with Gasteiger partial charge in [0.05, 0.1) is 0 Å². The lowest BCUT2D eigenvalue weighted by atomic mass is 10.0. The second kappa shape index (κ2) is 7.59. The van der Waals surface area contributed by atoms with E-state index in [-0.39, 0.29) is 16.5 Å². The Hall–Kier alpha value is -1.50. The maximum atomic E-state index is 12.0. The maximum Gasteiger partial charge on any atom is 0.264 e. The molecule has 5 unspecified atom stereocenters. The largest absolute Gasteiger partial charge is 0.387 e.